The quantitative estimate of drug-likeness (QED) is 0.671. The maximum atomic E-state index is 13.6. The molecule has 24 heavy (non-hydrogen) atoms. The van der Waals surface area contributed by atoms with E-state index < -0.39 is 5.82 Å². The summed E-state index contributed by atoms with van der Waals surface area (Å²) in [6.07, 6.45) is 1.58. The third-order valence-corrected chi connectivity index (χ3v) is 4.07. The number of benzene rings is 2. The van der Waals surface area contributed by atoms with Gasteiger partial charge in [0.2, 0.25) is 5.91 Å². The van der Waals surface area contributed by atoms with Gasteiger partial charge in [-0.15, -0.1) is 5.10 Å². The van der Waals surface area contributed by atoms with Crippen molar-refractivity contribution in [1.29, 1.82) is 0 Å². The zero-order chi connectivity index (χ0) is 16.8. The lowest BCUT2D eigenvalue weighted by Gasteiger charge is -2.09. The van der Waals surface area contributed by atoms with Gasteiger partial charge in [-0.1, -0.05) is 48.2 Å². The van der Waals surface area contributed by atoms with Gasteiger partial charge in [0.15, 0.2) is 16.7 Å². The first-order valence-electron chi connectivity index (χ1n) is 7.21. The van der Waals surface area contributed by atoms with E-state index in [1.807, 2.05) is 24.3 Å². The molecular weight excluding hydrogens is 329 g/mol. The maximum Gasteiger partial charge on any atom is 0.236 e. The van der Waals surface area contributed by atoms with Crippen LogP contribution >= 0.6 is 11.8 Å². The Morgan fingerprint density at radius 2 is 2.00 bits per heavy atom. The Labute approximate surface area is 142 Å². The molecule has 0 spiro atoms. The van der Waals surface area contributed by atoms with Crippen LogP contribution in [0.4, 0.5) is 4.39 Å². The highest BCUT2D eigenvalue weighted by Gasteiger charge is 2.15. The average molecular weight is 343 g/mol. The molecule has 1 aliphatic rings. The molecule has 1 fully saturated rings. The fraction of sp³-hybridized carbons (Fsp3) is 0.118. The van der Waals surface area contributed by atoms with Crippen molar-refractivity contribution in [2.75, 3.05) is 5.75 Å². The third kappa shape index (κ3) is 4.20. The summed E-state index contributed by atoms with van der Waals surface area (Å²) < 4.78 is 19.1. The van der Waals surface area contributed by atoms with Crippen molar-refractivity contribution in [2.24, 2.45) is 10.2 Å². The molecule has 1 amide bonds. The smallest absolute Gasteiger partial charge is 0.236 e. The number of ether oxygens (including phenoxy) is 1. The molecule has 2 aromatic carbocycles. The molecule has 7 heteroatoms. The summed E-state index contributed by atoms with van der Waals surface area (Å²) >= 11 is 1.31. The van der Waals surface area contributed by atoms with Crippen molar-refractivity contribution in [3.8, 4) is 5.75 Å². The van der Waals surface area contributed by atoms with E-state index in [0.29, 0.717) is 10.9 Å². The van der Waals surface area contributed by atoms with E-state index in [9.17, 15) is 9.18 Å². The van der Waals surface area contributed by atoms with Crippen LogP contribution in [0.1, 0.15) is 11.1 Å². The SMILES string of the molecule is O=C1CSC(=NN=Cc2ccccc2COc2ccccc2F)N1. The number of nitrogens with one attached hydrogen (secondary N) is 1. The number of para-hydroxylation sites is 1. The van der Waals surface area contributed by atoms with Gasteiger partial charge < -0.3 is 10.1 Å². The van der Waals surface area contributed by atoms with Crippen LogP contribution < -0.4 is 10.1 Å². The first kappa shape index (κ1) is 16.2. The summed E-state index contributed by atoms with van der Waals surface area (Å²) in [5.41, 5.74) is 1.67. The molecule has 2 aromatic rings. The molecule has 5 nitrogen and oxygen atoms in total. The predicted octanol–water partition coefficient (Wildman–Crippen LogP) is 2.96. The number of rotatable bonds is 5. The molecular formula is C17H14FN3O2S. The Bertz CT molecular complexity index is 808. The van der Waals surface area contributed by atoms with E-state index in [4.69, 9.17) is 4.74 Å². The Hall–Kier alpha value is -2.67. The van der Waals surface area contributed by atoms with Crippen molar-refractivity contribution in [2.45, 2.75) is 6.61 Å². The van der Waals surface area contributed by atoms with E-state index in [0.717, 1.165) is 11.1 Å². The number of carbonyl (C=O) groups is 1. The van der Waals surface area contributed by atoms with Gasteiger partial charge in [-0.05, 0) is 17.7 Å². The van der Waals surface area contributed by atoms with Gasteiger partial charge in [-0.2, -0.15) is 5.10 Å². The minimum atomic E-state index is -0.399. The summed E-state index contributed by atoms with van der Waals surface area (Å²) in [6, 6.07) is 13.7. The third-order valence-electron chi connectivity index (χ3n) is 3.21. The summed E-state index contributed by atoms with van der Waals surface area (Å²) in [6.45, 7) is 0.213. The minimum absolute atomic E-state index is 0.0763. The van der Waals surface area contributed by atoms with Crippen molar-refractivity contribution in [3.63, 3.8) is 0 Å². The molecule has 122 valence electrons. The number of nitrogens with zero attached hydrogens (tertiary/aromatic N) is 2. The van der Waals surface area contributed by atoms with Gasteiger partial charge in [0, 0.05) is 5.56 Å². The monoisotopic (exact) mass is 343 g/mol. The van der Waals surface area contributed by atoms with Crippen LogP contribution in [0.3, 0.4) is 0 Å². The standard InChI is InChI=1S/C17H14FN3O2S/c18-14-7-3-4-8-15(14)23-10-13-6-2-1-5-12(13)9-19-21-17-20-16(22)11-24-17/h1-9H,10-11H2,(H,20,21,22). The normalized spacial score (nSPS) is 15.9. The molecule has 1 aliphatic heterocycles. The van der Waals surface area contributed by atoms with Gasteiger partial charge in [0.25, 0.3) is 0 Å². The summed E-state index contributed by atoms with van der Waals surface area (Å²) in [7, 11) is 0. The number of amides is 1. The second-order valence-electron chi connectivity index (χ2n) is 4.90. The summed E-state index contributed by atoms with van der Waals surface area (Å²) in [4.78, 5) is 11.1. The highest BCUT2D eigenvalue weighted by atomic mass is 32.2. The Morgan fingerprint density at radius 1 is 1.21 bits per heavy atom. The fourth-order valence-corrected chi connectivity index (χ4v) is 2.66. The van der Waals surface area contributed by atoms with Gasteiger partial charge in [-0.25, -0.2) is 4.39 Å². The molecule has 0 bridgehead atoms. The highest BCUT2D eigenvalue weighted by Crippen LogP contribution is 2.18. The van der Waals surface area contributed by atoms with Crippen molar-refractivity contribution in [1.82, 2.24) is 5.32 Å². The molecule has 0 saturated carbocycles. The number of halogens is 1. The maximum absolute atomic E-state index is 13.6. The van der Waals surface area contributed by atoms with Crippen LogP contribution in [0.25, 0.3) is 0 Å². The van der Waals surface area contributed by atoms with Crippen molar-refractivity contribution in [3.05, 3.63) is 65.5 Å². The van der Waals surface area contributed by atoms with Crippen molar-refractivity contribution >= 4 is 29.1 Å². The minimum Gasteiger partial charge on any atom is -0.486 e. The van der Waals surface area contributed by atoms with E-state index >= 15 is 0 Å². The van der Waals surface area contributed by atoms with Crippen LogP contribution in [-0.2, 0) is 11.4 Å². The predicted molar refractivity (Wildman–Crippen MR) is 92.8 cm³/mol. The van der Waals surface area contributed by atoms with Gasteiger partial charge in [0.1, 0.15) is 6.61 Å². The van der Waals surface area contributed by atoms with Crippen LogP contribution in [-0.4, -0.2) is 23.0 Å². The molecule has 3 rings (SSSR count). The van der Waals surface area contributed by atoms with E-state index in [2.05, 4.69) is 15.5 Å². The largest absolute Gasteiger partial charge is 0.486 e. The Balaban J connectivity index is 1.69. The first-order valence-corrected chi connectivity index (χ1v) is 8.20. The van der Waals surface area contributed by atoms with Gasteiger partial charge in [-0.3, -0.25) is 4.79 Å². The van der Waals surface area contributed by atoms with Gasteiger partial charge >= 0.3 is 0 Å². The molecule has 1 saturated heterocycles. The molecule has 0 unspecified atom stereocenters. The van der Waals surface area contributed by atoms with Crippen LogP contribution in [0.5, 0.6) is 5.75 Å². The number of carbonyl (C=O) groups excluding carboxylic acids is 1. The lowest BCUT2D eigenvalue weighted by Crippen LogP contribution is -2.19. The van der Waals surface area contributed by atoms with E-state index in [1.54, 1.807) is 24.4 Å². The molecule has 0 atom stereocenters. The lowest BCUT2D eigenvalue weighted by atomic mass is 10.1. The van der Waals surface area contributed by atoms with Crippen molar-refractivity contribution < 1.29 is 13.9 Å². The summed E-state index contributed by atoms with van der Waals surface area (Å²) in [5, 5.41) is 11.0. The number of thioether (sulfide) groups is 1. The van der Waals surface area contributed by atoms with Gasteiger partial charge in [0.05, 0.1) is 12.0 Å². The second-order valence-corrected chi connectivity index (χ2v) is 5.87. The van der Waals surface area contributed by atoms with E-state index in [-0.39, 0.29) is 18.3 Å². The number of hydrogen-bond donors (Lipinski definition) is 1. The number of amidine groups is 1. The Morgan fingerprint density at radius 3 is 2.79 bits per heavy atom. The van der Waals surface area contributed by atoms with Crippen LogP contribution in [0.15, 0.2) is 58.7 Å². The molecule has 0 radical (unpaired) electrons. The van der Waals surface area contributed by atoms with E-state index in [1.165, 1.54) is 17.8 Å². The zero-order valence-electron chi connectivity index (χ0n) is 12.6. The Kier molecular flexibility index (Phi) is 5.22. The molecule has 0 aromatic heterocycles. The second kappa shape index (κ2) is 7.74. The van der Waals surface area contributed by atoms with Crippen LogP contribution in [0.2, 0.25) is 0 Å². The lowest BCUT2D eigenvalue weighted by molar-refractivity contribution is -0.116. The van der Waals surface area contributed by atoms with Crippen LogP contribution in [0, 0.1) is 5.82 Å². The average Bonchev–Trinajstić information content (AvgIpc) is 3.00. The summed E-state index contributed by atoms with van der Waals surface area (Å²) in [5.74, 6) is 0.0905. The molecule has 1 N–H and O–H groups in total. The molecule has 1 heterocycles. The first-order chi connectivity index (χ1) is 11.7. The zero-order valence-corrected chi connectivity index (χ0v) is 13.4. The molecule has 0 aliphatic carbocycles. The highest BCUT2D eigenvalue weighted by molar-refractivity contribution is 8.15. The fourth-order valence-electron chi connectivity index (χ4n) is 2.03. The number of hydrogen-bond acceptors (Lipinski definition) is 5. The topological polar surface area (TPSA) is 63.0 Å².